The number of carboxylic acid groups (broad SMARTS) is 1. The Hall–Kier alpha value is -1.06. The summed E-state index contributed by atoms with van der Waals surface area (Å²) >= 11 is 0. The van der Waals surface area contributed by atoms with Crippen molar-refractivity contribution >= 4 is 11.9 Å². The number of aliphatic carboxylic acids is 1. The number of hydrogen-bond donors (Lipinski definition) is 1. The van der Waals surface area contributed by atoms with E-state index in [0.29, 0.717) is 12.3 Å². The second kappa shape index (κ2) is 4.85. The van der Waals surface area contributed by atoms with Gasteiger partial charge in [-0.05, 0) is 39.0 Å². The van der Waals surface area contributed by atoms with Gasteiger partial charge in [0.15, 0.2) is 0 Å². The molecule has 1 aliphatic heterocycles. The molecule has 16 heavy (non-hydrogen) atoms. The number of amides is 1. The van der Waals surface area contributed by atoms with Crippen molar-refractivity contribution in [1.29, 1.82) is 0 Å². The molecule has 1 amide bonds. The summed E-state index contributed by atoms with van der Waals surface area (Å²) in [5.74, 6) is -0.142. The fourth-order valence-electron chi connectivity index (χ4n) is 2.03. The highest BCUT2D eigenvalue weighted by atomic mass is 16.4. The number of likely N-dealkylation sites (tertiary alicyclic amines) is 1. The Morgan fingerprint density at radius 3 is 2.50 bits per heavy atom. The average Bonchev–Trinajstić information content (AvgIpc) is 2.63. The van der Waals surface area contributed by atoms with Gasteiger partial charge in [-0.25, -0.2) is 0 Å². The first-order valence-corrected chi connectivity index (χ1v) is 5.82. The first kappa shape index (κ1) is 13.0. The summed E-state index contributed by atoms with van der Waals surface area (Å²) in [6.45, 7) is 6.72. The molecule has 1 rings (SSSR count). The van der Waals surface area contributed by atoms with Crippen molar-refractivity contribution < 1.29 is 14.7 Å². The summed E-state index contributed by atoms with van der Waals surface area (Å²) in [7, 11) is 0. The van der Waals surface area contributed by atoms with E-state index in [1.165, 1.54) is 0 Å². The highest BCUT2D eigenvalue weighted by Crippen LogP contribution is 2.29. The van der Waals surface area contributed by atoms with Crippen molar-refractivity contribution in [3.8, 4) is 0 Å². The Labute approximate surface area is 96.6 Å². The van der Waals surface area contributed by atoms with E-state index in [-0.39, 0.29) is 5.91 Å². The molecule has 0 aromatic carbocycles. The van der Waals surface area contributed by atoms with E-state index in [2.05, 4.69) is 0 Å². The zero-order chi connectivity index (χ0) is 12.3. The van der Waals surface area contributed by atoms with Gasteiger partial charge in [-0.2, -0.15) is 0 Å². The second-order valence-corrected chi connectivity index (χ2v) is 5.35. The van der Waals surface area contributed by atoms with Gasteiger partial charge in [-0.1, -0.05) is 0 Å². The predicted molar refractivity (Wildman–Crippen MR) is 61.0 cm³/mol. The molecule has 4 nitrogen and oxygen atoms in total. The van der Waals surface area contributed by atoms with Crippen LogP contribution in [0.2, 0.25) is 0 Å². The molecule has 4 heteroatoms. The lowest BCUT2D eigenvalue weighted by molar-refractivity contribution is -0.147. The standard InChI is InChI=1S/C12H21NO3/c1-9(14)13-7-5-10(8-13)4-6-12(2,3)11(15)16/h10H,4-8H2,1-3H3,(H,15,16). The van der Waals surface area contributed by atoms with E-state index in [9.17, 15) is 9.59 Å². The van der Waals surface area contributed by atoms with Gasteiger partial charge in [-0.3, -0.25) is 9.59 Å². The lowest BCUT2D eigenvalue weighted by Gasteiger charge is -2.21. The maximum atomic E-state index is 11.1. The summed E-state index contributed by atoms with van der Waals surface area (Å²) in [5.41, 5.74) is -0.649. The molecular weight excluding hydrogens is 206 g/mol. The van der Waals surface area contributed by atoms with Crippen molar-refractivity contribution in [2.75, 3.05) is 13.1 Å². The molecule has 1 unspecified atom stereocenters. The van der Waals surface area contributed by atoms with Crippen LogP contribution in [-0.2, 0) is 9.59 Å². The number of rotatable bonds is 4. The lowest BCUT2D eigenvalue weighted by atomic mass is 9.84. The Morgan fingerprint density at radius 2 is 2.06 bits per heavy atom. The van der Waals surface area contributed by atoms with E-state index in [1.54, 1.807) is 20.8 Å². The normalized spacial score (nSPS) is 21.2. The molecule has 0 radical (unpaired) electrons. The number of carbonyl (C=O) groups is 2. The number of nitrogens with zero attached hydrogens (tertiary/aromatic N) is 1. The number of carboxylic acids is 1. The molecule has 1 N–H and O–H groups in total. The summed E-state index contributed by atoms with van der Waals surface area (Å²) in [5, 5.41) is 8.99. The van der Waals surface area contributed by atoms with Gasteiger partial charge in [0.2, 0.25) is 5.91 Å². The van der Waals surface area contributed by atoms with Crippen LogP contribution in [0, 0.1) is 11.3 Å². The van der Waals surface area contributed by atoms with E-state index < -0.39 is 11.4 Å². The van der Waals surface area contributed by atoms with Gasteiger partial charge in [0, 0.05) is 20.0 Å². The predicted octanol–water partition coefficient (Wildman–Crippen LogP) is 1.75. The highest BCUT2D eigenvalue weighted by Gasteiger charge is 2.30. The molecule has 0 aromatic rings. The Morgan fingerprint density at radius 1 is 1.44 bits per heavy atom. The van der Waals surface area contributed by atoms with Gasteiger partial charge in [0.1, 0.15) is 0 Å². The Kier molecular flexibility index (Phi) is 3.94. The summed E-state index contributed by atoms with van der Waals surface area (Å²) in [4.78, 5) is 23.9. The first-order chi connectivity index (χ1) is 7.33. The van der Waals surface area contributed by atoms with Crippen LogP contribution in [0.1, 0.15) is 40.0 Å². The minimum Gasteiger partial charge on any atom is -0.481 e. The zero-order valence-electron chi connectivity index (χ0n) is 10.3. The SMILES string of the molecule is CC(=O)N1CCC(CCC(C)(C)C(=O)O)C1. The molecule has 1 heterocycles. The Bertz CT molecular complexity index is 286. The summed E-state index contributed by atoms with van der Waals surface area (Å²) in [6, 6.07) is 0. The third-order valence-electron chi connectivity index (χ3n) is 3.49. The third-order valence-corrected chi connectivity index (χ3v) is 3.49. The van der Waals surface area contributed by atoms with Crippen molar-refractivity contribution in [3.05, 3.63) is 0 Å². The second-order valence-electron chi connectivity index (χ2n) is 5.35. The van der Waals surface area contributed by atoms with Gasteiger partial charge in [0.25, 0.3) is 0 Å². The molecule has 0 spiro atoms. The van der Waals surface area contributed by atoms with Gasteiger partial charge >= 0.3 is 5.97 Å². The largest absolute Gasteiger partial charge is 0.481 e. The zero-order valence-corrected chi connectivity index (χ0v) is 10.3. The molecule has 92 valence electrons. The molecule has 1 aliphatic rings. The van der Waals surface area contributed by atoms with E-state index >= 15 is 0 Å². The van der Waals surface area contributed by atoms with E-state index in [0.717, 1.165) is 25.9 Å². The maximum Gasteiger partial charge on any atom is 0.309 e. The molecule has 1 fully saturated rings. The quantitative estimate of drug-likeness (QED) is 0.796. The van der Waals surface area contributed by atoms with Crippen LogP contribution in [0.3, 0.4) is 0 Å². The fraction of sp³-hybridized carbons (Fsp3) is 0.833. The molecule has 0 bridgehead atoms. The molecule has 0 saturated carbocycles. The van der Waals surface area contributed by atoms with Crippen LogP contribution < -0.4 is 0 Å². The van der Waals surface area contributed by atoms with Gasteiger partial charge in [-0.15, -0.1) is 0 Å². The Balaban J connectivity index is 2.36. The smallest absolute Gasteiger partial charge is 0.309 e. The van der Waals surface area contributed by atoms with Crippen LogP contribution in [0.25, 0.3) is 0 Å². The minimum atomic E-state index is -0.742. The van der Waals surface area contributed by atoms with Gasteiger partial charge < -0.3 is 10.0 Å². The first-order valence-electron chi connectivity index (χ1n) is 5.82. The van der Waals surface area contributed by atoms with Crippen molar-refractivity contribution in [2.24, 2.45) is 11.3 Å². The fourth-order valence-corrected chi connectivity index (χ4v) is 2.03. The monoisotopic (exact) mass is 227 g/mol. The van der Waals surface area contributed by atoms with Crippen LogP contribution in [0.15, 0.2) is 0 Å². The van der Waals surface area contributed by atoms with Crippen LogP contribution >= 0.6 is 0 Å². The van der Waals surface area contributed by atoms with Crippen LogP contribution in [-0.4, -0.2) is 35.0 Å². The van der Waals surface area contributed by atoms with Crippen molar-refractivity contribution in [1.82, 2.24) is 4.90 Å². The van der Waals surface area contributed by atoms with Crippen LogP contribution in [0.5, 0.6) is 0 Å². The summed E-state index contributed by atoms with van der Waals surface area (Å²) < 4.78 is 0. The van der Waals surface area contributed by atoms with E-state index in [4.69, 9.17) is 5.11 Å². The van der Waals surface area contributed by atoms with Gasteiger partial charge in [0.05, 0.1) is 5.41 Å². The third kappa shape index (κ3) is 3.22. The topological polar surface area (TPSA) is 57.6 Å². The molecular formula is C12H21NO3. The summed E-state index contributed by atoms with van der Waals surface area (Å²) in [6.07, 6.45) is 2.58. The maximum absolute atomic E-state index is 11.1. The minimum absolute atomic E-state index is 0.125. The lowest BCUT2D eigenvalue weighted by Crippen LogP contribution is -2.27. The van der Waals surface area contributed by atoms with E-state index in [1.807, 2.05) is 4.90 Å². The highest BCUT2D eigenvalue weighted by molar-refractivity contribution is 5.74. The molecule has 0 aliphatic carbocycles. The average molecular weight is 227 g/mol. The van der Waals surface area contributed by atoms with Crippen molar-refractivity contribution in [2.45, 2.75) is 40.0 Å². The van der Waals surface area contributed by atoms with Crippen molar-refractivity contribution in [3.63, 3.8) is 0 Å². The molecule has 0 aromatic heterocycles. The number of carbonyl (C=O) groups excluding carboxylic acids is 1. The molecule has 1 saturated heterocycles. The number of hydrogen-bond acceptors (Lipinski definition) is 2. The van der Waals surface area contributed by atoms with Crippen LogP contribution in [0.4, 0.5) is 0 Å². The molecule has 1 atom stereocenters.